The minimum atomic E-state index is -0.628. The first-order valence-corrected chi connectivity index (χ1v) is 5.80. The molecule has 2 atom stereocenters. The normalized spacial score (nSPS) is 26.7. The van der Waals surface area contributed by atoms with Crippen molar-refractivity contribution in [3.63, 3.8) is 0 Å². The summed E-state index contributed by atoms with van der Waals surface area (Å²) < 4.78 is 4.80. The van der Waals surface area contributed by atoms with Crippen LogP contribution in [0.5, 0.6) is 0 Å². The Morgan fingerprint density at radius 2 is 2.44 bits per heavy atom. The Hall–Kier alpha value is -0.650. The van der Waals surface area contributed by atoms with Crippen molar-refractivity contribution in [3.05, 3.63) is 0 Å². The summed E-state index contributed by atoms with van der Waals surface area (Å²) in [5, 5.41) is 15.4. The zero-order valence-corrected chi connectivity index (χ0v) is 10.1. The molecule has 3 N–H and O–H groups in total. The number of carbonyl (C=O) groups excluding carboxylic acids is 1. The van der Waals surface area contributed by atoms with Gasteiger partial charge in [0.2, 0.25) is 5.91 Å². The van der Waals surface area contributed by atoms with Gasteiger partial charge in [-0.2, -0.15) is 0 Å². The summed E-state index contributed by atoms with van der Waals surface area (Å²) in [5.74, 6) is 0.0372. The van der Waals surface area contributed by atoms with Gasteiger partial charge in [0.25, 0.3) is 0 Å². The fourth-order valence-electron chi connectivity index (χ4n) is 2.05. The van der Waals surface area contributed by atoms with Crippen LogP contribution in [0.3, 0.4) is 0 Å². The largest absolute Gasteiger partial charge is 0.389 e. The van der Waals surface area contributed by atoms with Crippen LogP contribution in [0, 0.1) is 5.41 Å². The van der Waals surface area contributed by atoms with Crippen LogP contribution in [0.4, 0.5) is 0 Å². The van der Waals surface area contributed by atoms with E-state index in [9.17, 15) is 9.90 Å². The topological polar surface area (TPSA) is 70.6 Å². The van der Waals surface area contributed by atoms with Crippen molar-refractivity contribution in [3.8, 4) is 0 Å². The minimum absolute atomic E-state index is 0.0372. The molecule has 0 aromatic rings. The predicted octanol–water partition coefficient (Wildman–Crippen LogP) is -0.500. The number of ether oxygens (including phenoxy) is 1. The molecule has 1 heterocycles. The first-order valence-electron chi connectivity index (χ1n) is 5.80. The molecule has 5 heteroatoms. The van der Waals surface area contributed by atoms with Crippen LogP contribution in [0.2, 0.25) is 0 Å². The minimum Gasteiger partial charge on any atom is -0.389 e. The smallest absolute Gasteiger partial charge is 0.227 e. The molecule has 5 nitrogen and oxygen atoms in total. The van der Waals surface area contributed by atoms with E-state index in [-0.39, 0.29) is 24.5 Å². The maximum atomic E-state index is 12.0. The van der Waals surface area contributed by atoms with Crippen molar-refractivity contribution in [1.82, 2.24) is 10.6 Å². The average molecular weight is 230 g/mol. The van der Waals surface area contributed by atoms with Crippen LogP contribution in [-0.4, -0.2) is 50.5 Å². The van der Waals surface area contributed by atoms with Gasteiger partial charge < -0.3 is 20.5 Å². The van der Waals surface area contributed by atoms with Gasteiger partial charge in [0.15, 0.2) is 0 Å². The fourth-order valence-corrected chi connectivity index (χ4v) is 2.05. The molecule has 1 saturated heterocycles. The number of aliphatic hydroxyl groups excluding tert-OH is 1. The predicted molar refractivity (Wildman–Crippen MR) is 61.1 cm³/mol. The lowest BCUT2D eigenvalue weighted by Crippen LogP contribution is -2.45. The second kappa shape index (κ2) is 6.18. The lowest BCUT2D eigenvalue weighted by atomic mass is 9.83. The highest BCUT2D eigenvalue weighted by Gasteiger charge is 2.39. The fraction of sp³-hybridized carbons (Fsp3) is 0.909. The molecule has 1 rings (SSSR count). The van der Waals surface area contributed by atoms with Crippen LogP contribution in [0.1, 0.15) is 19.8 Å². The zero-order chi connectivity index (χ0) is 12.0. The van der Waals surface area contributed by atoms with E-state index in [0.717, 1.165) is 25.9 Å². The summed E-state index contributed by atoms with van der Waals surface area (Å²) in [4.78, 5) is 12.0. The molecule has 1 aliphatic rings. The Balaban J connectivity index is 2.38. The van der Waals surface area contributed by atoms with Crippen LogP contribution in [-0.2, 0) is 9.53 Å². The van der Waals surface area contributed by atoms with Gasteiger partial charge in [-0.05, 0) is 19.4 Å². The van der Waals surface area contributed by atoms with Gasteiger partial charge in [-0.1, -0.05) is 6.92 Å². The molecule has 0 saturated carbocycles. The highest BCUT2D eigenvalue weighted by Crippen LogP contribution is 2.29. The molecule has 0 radical (unpaired) electrons. The molecule has 94 valence electrons. The second-order valence-electron chi connectivity index (χ2n) is 4.38. The van der Waals surface area contributed by atoms with Gasteiger partial charge in [-0.3, -0.25) is 4.79 Å². The molecule has 0 aromatic carbocycles. The third kappa shape index (κ3) is 3.17. The molecule has 2 unspecified atom stereocenters. The molecule has 0 spiro atoms. The summed E-state index contributed by atoms with van der Waals surface area (Å²) in [5.41, 5.74) is -0.285. The average Bonchev–Trinajstić information content (AvgIpc) is 2.76. The number of nitrogens with one attached hydrogen (secondary N) is 2. The van der Waals surface area contributed by atoms with E-state index in [1.54, 1.807) is 0 Å². The number of hydrogen-bond acceptors (Lipinski definition) is 4. The number of hydrogen-bond donors (Lipinski definition) is 3. The second-order valence-corrected chi connectivity index (χ2v) is 4.38. The van der Waals surface area contributed by atoms with Gasteiger partial charge in [-0.15, -0.1) is 0 Å². The van der Waals surface area contributed by atoms with Gasteiger partial charge in [0.1, 0.15) is 0 Å². The quantitative estimate of drug-likeness (QED) is 0.575. The van der Waals surface area contributed by atoms with E-state index in [4.69, 9.17) is 4.74 Å². The monoisotopic (exact) mass is 230 g/mol. The Bertz CT molecular complexity index is 227. The van der Waals surface area contributed by atoms with Gasteiger partial charge in [0.05, 0.1) is 18.1 Å². The van der Waals surface area contributed by atoms with Crippen molar-refractivity contribution in [1.29, 1.82) is 0 Å². The Labute approximate surface area is 96.6 Å². The molecule has 0 aromatic heterocycles. The molecule has 1 fully saturated rings. The van der Waals surface area contributed by atoms with Crippen molar-refractivity contribution >= 4 is 5.91 Å². The summed E-state index contributed by atoms with van der Waals surface area (Å²) >= 11 is 0. The third-order valence-electron chi connectivity index (χ3n) is 3.26. The number of rotatable bonds is 6. The van der Waals surface area contributed by atoms with Crippen molar-refractivity contribution < 1.29 is 14.6 Å². The van der Waals surface area contributed by atoms with E-state index in [2.05, 4.69) is 10.6 Å². The molecule has 0 bridgehead atoms. The zero-order valence-electron chi connectivity index (χ0n) is 10.1. The summed E-state index contributed by atoms with van der Waals surface area (Å²) in [6, 6.07) is 0. The maximum absolute atomic E-state index is 12.0. The number of carbonyl (C=O) groups is 1. The molecule has 16 heavy (non-hydrogen) atoms. The summed E-state index contributed by atoms with van der Waals surface area (Å²) in [6.45, 7) is 4.15. The van der Waals surface area contributed by atoms with Crippen molar-refractivity contribution in [2.45, 2.75) is 25.9 Å². The van der Waals surface area contributed by atoms with Crippen LogP contribution < -0.4 is 10.6 Å². The van der Waals surface area contributed by atoms with Crippen molar-refractivity contribution in [2.24, 2.45) is 5.41 Å². The summed E-state index contributed by atoms with van der Waals surface area (Å²) in [6.07, 6.45) is 1.07. The Morgan fingerprint density at radius 3 is 2.94 bits per heavy atom. The standard InChI is InChI=1S/C11H22N2O3/c1-3-11(4-5-12-8-11)10(15)13-6-9(14)7-16-2/h9,12,14H,3-8H2,1-2H3,(H,13,15). The van der Waals surface area contributed by atoms with Crippen LogP contribution >= 0.6 is 0 Å². The molecular formula is C11H22N2O3. The highest BCUT2D eigenvalue weighted by atomic mass is 16.5. The van der Waals surface area contributed by atoms with Crippen LogP contribution in [0.15, 0.2) is 0 Å². The maximum Gasteiger partial charge on any atom is 0.227 e. The van der Waals surface area contributed by atoms with Crippen molar-refractivity contribution in [2.75, 3.05) is 33.4 Å². The first-order chi connectivity index (χ1) is 7.64. The molecule has 0 aliphatic carbocycles. The van der Waals surface area contributed by atoms with Gasteiger partial charge in [-0.25, -0.2) is 0 Å². The van der Waals surface area contributed by atoms with E-state index < -0.39 is 6.10 Å². The Morgan fingerprint density at radius 1 is 1.69 bits per heavy atom. The van der Waals surface area contributed by atoms with E-state index in [0.29, 0.717) is 0 Å². The number of amides is 1. The van der Waals surface area contributed by atoms with E-state index in [1.807, 2.05) is 6.92 Å². The van der Waals surface area contributed by atoms with Crippen LogP contribution in [0.25, 0.3) is 0 Å². The molecule has 1 amide bonds. The molecular weight excluding hydrogens is 208 g/mol. The lowest BCUT2D eigenvalue weighted by molar-refractivity contribution is -0.130. The third-order valence-corrected chi connectivity index (χ3v) is 3.26. The van der Waals surface area contributed by atoms with E-state index in [1.165, 1.54) is 7.11 Å². The summed E-state index contributed by atoms with van der Waals surface area (Å²) in [7, 11) is 1.53. The lowest BCUT2D eigenvalue weighted by Gasteiger charge is -2.25. The first kappa shape index (κ1) is 13.4. The number of aliphatic hydroxyl groups is 1. The SMILES string of the molecule is CCC1(C(=O)NCC(O)COC)CCNC1. The highest BCUT2D eigenvalue weighted by molar-refractivity contribution is 5.83. The van der Waals surface area contributed by atoms with Gasteiger partial charge >= 0.3 is 0 Å². The molecule has 1 aliphatic heterocycles. The number of methoxy groups -OCH3 is 1. The van der Waals surface area contributed by atoms with E-state index >= 15 is 0 Å². The Kier molecular flexibility index (Phi) is 5.18. The van der Waals surface area contributed by atoms with Gasteiger partial charge in [0, 0.05) is 20.2 Å².